The van der Waals surface area contributed by atoms with Gasteiger partial charge >= 0.3 is 0 Å². The number of anilines is 1. The van der Waals surface area contributed by atoms with Gasteiger partial charge in [-0.2, -0.15) is 0 Å². The third-order valence-corrected chi connectivity index (χ3v) is 8.82. The first-order valence-electron chi connectivity index (χ1n) is 12.0. The summed E-state index contributed by atoms with van der Waals surface area (Å²) in [5.74, 6) is 0.0896. The molecule has 1 amide bonds. The number of hydrogen-bond acceptors (Lipinski definition) is 5. The molecule has 1 unspecified atom stereocenters. The van der Waals surface area contributed by atoms with E-state index in [9.17, 15) is 13.2 Å². The van der Waals surface area contributed by atoms with Crippen LogP contribution in [-0.4, -0.2) is 49.9 Å². The van der Waals surface area contributed by atoms with Gasteiger partial charge in [0.25, 0.3) is 0 Å². The second-order valence-electron chi connectivity index (χ2n) is 9.24. The van der Waals surface area contributed by atoms with Crippen LogP contribution in [0.15, 0.2) is 47.1 Å². The van der Waals surface area contributed by atoms with Crippen LogP contribution in [-0.2, 0) is 27.6 Å². The molecule has 1 aliphatic rings. The molecular formula is C27H34N2O4S. The van der Waals surface area contributed by atoms with Gasteiger partial charge in [0, 0.05) is 42.3 Å². The van der Waals surface area contributed by atoms with Gasteiger partial charge in [0.2, 0.25) is 5.91 Å². The zero-order valence-corrected chi connectivity index (χ0v) is 21.3. The quantitative estimate of drug-likeness (QED) is 0.467. The van der Waals surface area contributed by atoms with E-state index < -0.39 is 9.84 Å². The topological polar surface area (TPSA) is 70.8 Å². The molecule has 1 fully saturated rings. The Kier molecular flexibility index (Phi) is 7.03. The Morgan fingerprint density at radius 3 is 2.38 bits per heavy atom. The molecule has 1 aliphatic heterocycles. The number of nitrogens with zero attached hydrogens (tertiary/aromatic N) is 2. The predicted molar refractivity (Wildman–Crippen MR) is 137 cm³/mol. The molecule has 0 saturated carbocycles. The van der Waals surface area contributed by atoms with Crippen molar-refractivity contribution in [1.29, 1.82) is 0 Å². The molecule has 7 heteroatoms. The summed E-state index contributed by atoms with van der Waals surface area (Å²) in [6.45, 7) is 10.6. The zero-order chi connectivity index (χ0) is 24.5. The van der Waals surface area contributed by atoms with Gasteiger partial charge in [0.15, 0.2) is 9.84 Å². The fourth-order valence-electron chi connectivity index (χ4n) is 4.83. The van der Waals surface area contributed by atoms with Crippen LogP contribution in [0, 0.1) is 13.8 Å². The van der Waals surface area contributed by atoms with Gasteiger partial charge in [-0.25, -0.2) is 8.42 Å². The molecule has 0 N–H and O–H groups in total. The number of benzene rings is 2. The van der Waals surface area contributed by atoms with Gasteiger partial charge < -0.3 is 14.2 Å². The highest BCUT2D eigenvalue weighted by Gasteiger charge is 2.35. The van der Waals surface area contributed by atoms with E-state index in [4.69, 9.17) is 4.42 Å². The highest BCUT2D eigenvalue weighted by molar-refractivity contribution is 7.91. The molecule has 2 heterocycles. The highest BCUT2D eigenvalue weighted by Crippen LogP contribution is 2.28. The summed E-state index contributed by atoms with van der Waals surface area (Å²) in [6.07, 6.45) is 2.33. The lowest BCUT2D eigenvalue weighted by molar-refractivity contribution is -0.133. The molecule has 0 bridgehead atoms. The van der Waals surface area contributed by atoms with Gasteiger partial charge in [0.1, 0.15) is 5.58 Å². The summed E-state index contributed by atoms with van der Waals surface area (Å²) in [4.78, 5) is 17.6. The zero-order valence-electron chi connectivity index (χ0n) is 20.5. The lowest BCUT2D eigenvalue weighted by atomic mass is 10.0. The Labute approximate surface area is 202 Å². The van der Waals surface area contributed by atoms with E-state index in [0.29, 0.717) is 13.0 Å². The fourth-order valence-corrected chi connectivity index (χ4v) is 6.56. The monoisotopic (exact) mass is 482 g/mol. The summed E-state index contributed by atoms with van der Waals surface area (Å²) < 4.78 is 30.2. The van der Waals surface area contributed by atoms with Gasteiger partial charge in [0.05, 0.1) is 24.2 Å². The average Bonchev–Trinajstić information content (AvgIpc) is 3.39. The fraction of sp³-hybridized carbons (Fsp3) is 0.444. The van der Waals surface area contributed by atoms with Crippen LogP contribution in [0.1, 0.15) is 42.5 Å². The maximum absolute atomic E-state index is 13.6. The van der Waals surface area contributed by atoms with Crippen molar-refractivity contribution in [3.8, 4) is 0 Å². The molecule has 4 rings (SSSR count). The van der Waals surface area contributed by atoms with Crippen molar-refractivity contribution in [3.63, 3.8) is 0 Å². The Balaban J connectivity index is 1.59. The van der Waals surface area contributed by atoms with Crippen molar-refractivity contribution in [2.75, 3.05) is 29.5 Å². The molecule has 0 radical (unpaired) electrons. The first-order chi connectivity index (χ1) is 16.2. The van der Waals surface area contributed by atoms with Crippen LogP contribution in [0.25, 0.3) is 11.0 Å². The molecule has 0 spiro atoms. The third-order valence-electron chi connectivity index (χ3n) is 7.07. The number of hydrogen-bond donors (Lipinski definition) is 0. The average molecular weight is 483 g/mol. The van der Waals surface area contributed by atoms with E-state index in [0.717, 1.165) is 52.0 Å². The first-order valence-corrected chi connectivity index (χ1v) is 13.8. The first kappa shape index (κ1) is 24.3. The summed E-state index contributed by atoms with van der Waals surface area (Å²) in [6, 6.07) is 12.0. The molecule has 1 aromatic heterocycles. The number of furan rings is 1. The number of carbonyl (C=O) groups is 1. The van der Waals surface area contributed by atoms with Crippen molar-refractivity contribution in [1.82, 2.24) is 4.90 Å². The summed E-state index contributed by atoms with van der Waals surface area (Å²) in [5, 5.41) is 0.944. The largest absolute Gasteiger partial charge is 0.464 e. The normalized spacial score (nSPS) is 17.2. The van der Waals surface area contributed by atoms with Crippen LogP contribution < -0.4 is 4.90 Å². The molecule has 1 atom stereocenters. The maximum atomic E-state index is 13.6. The van der Waals surface area contributed by atoms with Crippen LogP contribution in [0.3, 0.4) is 0 Å². The van der Waals surface area contributed by atoms with Crippen molar-refractivity contribution < 1.29 is 17.6 Å². The lowest BCUT2D eigenvalue weighted by Gasteiger charge is -2.29. The molecule has 2 aromatic carbocycles. The van der Waals surface area contributed by atoms with Gasteiger partial charge in [-0.05, 0) is 62.9 Å². The number of rotatable bonds is 8. The van der Waals surface area contributed by atoms with Gasteiger partial charge in [-0.15, -0.1) is 0 Å². The van der Waals surface area contributed by atoms with Crippen LogP contribution in [0.2, 0.25) is 0 Å². The van der Waals surface area contributed by atoms with E-state index >= 15 is 0 Å². The smallest absolute Gasteiger partial charge is 0.227 e. The van der Waals surface area contributed by atoms with Crippen molar-refractivity contribution >= 4 is 32.4 Å². The summed E-state index contributed by atoms with van der Waals surface area (Å²) >= 11 is 0. The molecule has 34 heavy (non-hydrogen) atoms. The van der Waals surface area contributed by atoms with Gasteiger partial charge in [-0.1, -0.05) is 24.3 Å². The van der Waals surface area contributed by atoms with E-state index in [1.54, 1.807) is 11.2 Å². The second-order valence-corrected chi connectivity index (χ2v) is 11.5. The van der Waals surface area contributed by atoms with Crippen LogP contribution in [0.4, 0.5) is 5.69 Å². The Bertz CT molecular complexity index is 1270. The predicted octanol–water partition coefficient (Wildman–Crippen LogP) is 4.65. The van der Waals surface area contributed by atoms with Crippen LogP contribution in [0.5, 0.6) is 0 Å². The highest BCUT2D eigenvalue weighted by atomic mass is 32.2. The number of aryl methyl sites for hydroxylation is 2. The Hall–Kier alpha value is -2.80. The van der Waals surface area contributed by atoms with Crippen LogP contribution >= 0.6 is 0 Å². The van der Waals surface area contributed by atoms with E-state index in [1.807, 2.05) is 38.1 Å². The number of carbonyl (C=O) groups excluding carboxylic acids is 1. The Morgan fingerprint density at radius 1 is 1.06 bits per heavy atom. The van der Waals surface area contributed by atoms with E-state index in [2.05, 4.69) is 30.9 Å². The van der Waals surface area contributed by atoms with Crippen molar-refractivity contribution in [2.45, 2.75) is 53.1 Å². The Morgan fingerprint density at radius 2 is 1.76 bits per heavy atom. The minimum absolute atomic E-state index is 0.0285. The lowest BCUT2D eigenvalue weighted by Crippen LogP contribution is -2.41. The minimum Gasteiger partial charge on any atom is -0.464 e. The second kappa shape index (κ2) is 9.82. The van der Waals surface area contributed by atoms with Gasteiger partial charge in [-0.3, -0.25) is 4.79 Å². The van der Waals surface area contributed by atoms with E-state index in [-0.39, 0.29) is 29.9 Å². The molecule has 182 valence electrons. The summed E-state index contributed by atoms with van der Waals surface area (Å²) in [7, 11) is -3.12. The minimum atomic E-state index is -3.12. The van der Waals surface area contributed by atoms with Crippen molar-refractivity contribution in [2.24, 2.45) is 0 Å². The summed E-state index contributed by atoms with van der Waals surface area (Å²) in [5.41, 5.74) is 6.01. The molecule has 0 aliphatic carbocycles. The third kappa shape index (κ3) is 4.99. The van der Waals surface area contributed by atoms with E-state index in [1.165, 1.54) is 0 Å². The molecule has 3 aromatic rings. The maximum Gasteiger partial charge on any atom is 0.227 e. The standard InChI is InChI=1S/C27H34N2O4S/c1-5-28(6-2)23-10-8-21(9-11-23)16-29(24-13-14-34(31,32)18-24)26(30)15-22-17-33-27-20(4)19(3)7-12-25(22)27/h7-12,17,24H,5-6,13-16,18H2,1-4H3. The molecule has 6 nitrogen and oxygen atoms in total. The number of sulfone groups is 1. The molecule has 1 saturated heterocycles. The number of amides is 1. The SMILES string of the molecule is CCN(CC)c1ccc(CN(C(=O)Cc2coc3c(C)c(C)ccc23)C2CCS(=O)(=O)C2)cc1. The molecular weight excluding hydrogens is 448 g/mol. The van der Waals surface area contributed by atoms with Crippen molar-refractivity contribution in [3.05, 3.63) is 64.9 Å². The number of fused-ring (bicyclic) bond motifs is 1.